The Labute approximate surface area is 144 Å². The van der Waals surface area contributed by atoms with Crippen LogP contribution in [0, 0.1) is 15.5 Å². The van der Waals surface area contributed by atoms with Crippen LogP contribution >= 0.6 is 22.6 Å². The zero-order valence-electron chi connectivity index (χ0n) is 9.78. The molecule has 0 amide bonds. The molecule has 1 heterocycles. The molecular weight excluding hydrogens is 421 g/mol. The summed E-state index contributed by atoms with van der Waals surface area (Å²) in [6, 6.07) is 11.0. The van der Waals surface area contributed by atoms with Gasteiger partial charge in [-0.25, -0.2) is 4.39 Å². The topological polar surface area (TPSA) is 22.0 Å². The summed E-state index contributed by atoms with van der Waals surface area (Å²) >= 11 is 1.96. The normalized spacial score (nSPS) is 9.94. The summed E-state index contributed by atoms with van der Waals surface area (Å²) < 4.78 is 15.8. The van der Waals surface area contributed by atoms with Gasteiger partial charge in [0.2, 0.25) is 5.56 Å². The van der Waals surface area contributed by atoms with E-state index in [0.29, 0.717) is 21.4 Å². The Morgan fingerprint density at radius 3 is 2.67 bits per heavy atom. The fourth-order valence-corrected chi connectivity index (χ4v) is 2.13. The van der Waals surface area contributed by atoms with Gasteiger partial charge in [0.15, 0.2) is 0 Å². The van der Waals surface area contributed by atoms with E-state index in [1.165, 1.54) is 10.6 Å². The predicted octanol–water partition coefficient (Wildman–Crippen LogP) is 3.08. The number of rotatable bonds is 2. The largest absolute Gasteiger partial charge is 0.342 e. The van der Waals surface area contributed by atoms with Crippen LogP contribution < -0.4 is 5.56 Å². The maximum absolute atomic E-state index is 13.7. The Morgan fingerprint density at radius 1 is 1.39 bits per heavy atom. The number of hydrogen-bond donors (Lipinski definition) is 0. The van der Waals surface area contributed by atoms with E-state index in [2.05, 4.69) is 6.07 Å². The smallest absolute Gasteiger partial charge is 0.207 e. The quantitative estimate of drug-likeness (QED) is 0.530. The molecule has 0 bridgehead atoms. The van der Waals surface area contributed by atoms with E-state index < -0.39 is 0 Å². The Bertz CT molecular complexity index is 612. The number of aromatic nitrogens is 1. The van der Waals surface area contributed by atoms with Gasteiger partial charge in [-0.05, 0) is 16.6 Å². The van der Waals surface area contributed by atoms with Crippen LogP contribution in [0.1, 0.15) is 6.92 Å². The molecule has 1 radical (unpaired) electrons. The molecule has 0 atom stereocenters. The maximum atomic E-state index is 13.7. The number of hydrogen-bond acceptors (Lipinski definition) is 1. The standard InChI is InChI=1S/C13H10FINO.Y/c1-2-16-12(8-7-11(15)13(16)17)9-5-3-4-6-10(9)14;/h3-7H,2H2,1H3;/q-1;. The third-order valence-corrected chi connectivity index (χ3v) is 3.27. The van der Waals surface area contributed by atoms with Gasteiger partial charge < -0.3 is 4.57 Å². The Morgan fingerprint density at radius 2 is 2.06 bits per heavy atom. The van der Waals surface area contributed by atoms with Gasteiger partial charge in [0.1, 0.15) is 0 Å². The van der Waals surface area contributed by atoms with Gasteiger partial charge in [-0.3, -0.25) is 4.79 Å². The summed E-state index contributed by atoms with van der Waals surface area (Å²) in [7, 11) is 0. The third-order valence-electron chi connectivity index (χ3n) is 2.50. The Balaban J connectivity index is 0.00000162. The first-order chi connectivity index (χ1) is 8.15. The molecule has 0 saturated carbocycles. The van der Waals surface area contributed by atoms with Gasteiger partial charge >= 0.3 is 0 Å². The van der Waals surface area contributed by atoms with E-state index in [1.54, 1.807) is 24.3 Å². The van der Waals surface area contributed by atoms with Crippen molar-refractivity contribution in [1.29, 1.82) is 0 Å². The first-order valence-electron chi connectivity index (χ1n) is 5.21. The summed E-state index contributed by atoms with van der Waals surface area (Å²) in [6.45, 7) is 2.35. The summed E-state index contributed by atoms with van der Waals surface area (Å²) in [5, 5.41) is 0. The number of pyridine rings is 1. The molecule has 5 heteroatoms. The van der Waals surface area contributed by atoms with Crippen LogP contribution in [0.5, 0.6) is 0 Å². The summed E-state index contributed by atoms with van der Waals surface area (Å²) in [5.74, 6) is -0.341. The minimum absolute atomic E-state index is 0. The van der Waals surface area contributed by atoms with E-state index in [9.17, 15) is 9.18 Å². The molecule has 0 aliphatic carbocycles. The first kappa shape index (κ1) is 16.0. The van der Waals surface area contributed by atoms with Crippen molar-refractivity contribution in [2.45, 2.75) is 13.5 Å². The molecule has 0 saturated heterocycles. The first-order valence-corrected chi connectivity index (χ1v) is 6.29. The van der Waals surface area contributed by atoms with Gasteiger partial charge in [-0.15, -0.1) is 28.7 Å². The van der Waals surface area contributed by atoms with Crippen LogP contribution in [0.25, 0.3) is 11.3 Å². The van der Waals surface area contributed by atoms with E-state index in [-0.39, 0.29) is 44.1 Å². The molecule has 2 aromatic rings. The molecule has 2 nitrogen and oxygen atoms in total. The minimum Gasteiger partial charge on any atom is -0.342 e. The fourth-order valence-electron chi connectivity index (χ4n) is 1.68. The van der Waals surface area contributed by atoms with Crippen molar-refractivity contribution in [3.05, 3.63) is 56.1 Å². The van der Waals surface area contributed by atoms with Crippen molar-refractivity contribution >= 4 is 22.6 Å². The molecule has 0 spiro atoms. The molecule has 0 aliphatic rings. The van der Waals surface area contributed by atoms with Crippen molar-refractivity contribution in [3.63, 3.8) is 0 Å². The SMILES string of the molecule is CCn1c(-c2ccccc2F)[c-]cc(I)c1=O.[Y]. The van der Waals surface area contributed by atoms with Crippen LogP contribution in [0.15, 0.2) is 35.1 Å². The van der Waals surface area contributed by atoms with Crippen molar-refractivity contribution in [3.8, 4) is 11.3 Å². The fraction of sp³-hybridized carbons (Fsp3) is 0.154. The molecule has 2 rings (SSSR count). The molecule has 91 valence electrons. The maximum Gasteiger partial charge on any atom is 0.207 e. The minimum atomic E-state index is -0.341. The van der Waals surface area contributed by atoms with Crippen LogP contribution in [0.3, 0.4) is 0 Å². The van der Waals surface area contributed by atoms with Crippen molar-refractivity contribution in [2.24, 2.45) is 0 Å². The average Bonchev–Trinajstić information content (AvgIpc) is 2.33. The van der Waals surface area contributed by atoms with Crippen molar-refractivity contribution in [1.82, 2.24) is 4.57 Å². The summed E-state index contributed by atoms with van der Waals surface area (Å²) in [4.78, 5) is 11.9. The number of benzene rings is 1. The van der Waals surface area contributed by atoms with E-state index in [1.807, 2.05) is 29.5 Å². The van der Waals surface area contributed by atoms with E-state index in [4.69, 9.17) is 0 Å². The van der Waals surface area contributed by atoms with Gasteiger partial charge in [0.05, 0.1) is 5.82 Å². The molecule has 0 unspecified atom stereocenters. The van der Waals surface area contributed by atoms with E-state index >= 15 is 0 Å². The summed E-state index contributed by atoms with van der Waals surface area (Å²) in [5.41, 5.74) is 0.795. The zero-order chi connectivity index (χ0) is 12.4. The second kappa shape index (κ2) is 6.92. The van der Waals surface area contributed by atoms with Crippen molar-refractivity contribution < 1.29 is 37.1 Å². The third kappa shape index (κ3) is 3.09. The van der Waals surface area contributed by atoms with Crippen molar-refractivity contribution in [2.75, 3.05) is 0 Å². The molecule has 0 aliphatic heterocycles. The molecule has 18 heavy (non-hydrogen) atoms. The Kier molecular flexibility index (Phi) is 6.14. The molecule has 0 fully saturated rings. The van der Waals surface area contributed by atoms with Gasteiger partial charge in [0.25, 0.3) is 0 Å². The van der Waals surface area contributed by atoms with Crippen LogP contribution in [0.4, 0.5) is 4.39 Å². The zero-order valence-corrected chi connectivity index (χ0v) is 14.8. The second-order valence-electron chi connectivity index (χ2n) is 3.51. The van der Waals surface area contributed by atoms with Gasteiger partial charge in [-0.2, -0.15) is 12.1 Å². The van der Waals surface area contributed by atoms with Gasteiger partial charge in [-0.1, -0.05) is 23.4 Å². The molecular formula is C13H10FINOY-. The predicted molar refractivity (Wildman–Crippen MR) is 73.3 cm³/mol. The average molecular weight is 431 g/mol. The second-order valence-corrected chi connectivity index (χ2v) is 4.68. The molecule has 0 N–H and O–H groups in total. The van der Waals surface area contributed by atoms with Crippen LogP contribution in [-0.2, 0) is 39.3 Å². The summed E-state index contributed by atoms with van der Waals surface area (Å²) in [6.07, 6.45) is 0. The van der Waals surface area contributed by atoms with Crippen LogP contribution in [0.2, 0.25) is 0 Å². The van der Waals surface area contributed by atoms with Crippen LogP contribution in [-0.4, -0.2) is 4.57 Å². The van der Waals surface area contributed by atoms with E-state index in [0.717, 1.165) is 0 Å². The number of nitrogens with zero attached hydrogens (tertiary/aromatic N) is 1. The molecule has 1 aromatic carbocycles. The Hall–Kier alpha value is -0.0661. The van der Waals surface area contributed by atoms with Gasteiger partial charge in [0, 0.05) is 39.3 Å². The molecule has 1 aromatic heterocycles. The number of halogens is 2. The monoisotopic (exact) mass is 431 g/mol.